The number of para-hydroxylation sites is 1. The Morgan fingerprint density at radius 3 is 2.12 bits per heavy atom. The summed E-state index contributed by atoms with van der Waals surface area (Å²) in [4.78, 5) is 29.8. The number of ether oxygens (including phenoxy) is 2. The minimum Gasteiger partial charge on any atom is -0.493 e. The molecule has 48 heavy (non-hydrogen) atoms. The molecule has 4 aromatic carbocycles. The van der Waals surface area contributed by atoms with Crippen molar-refractivity contribution in [3.8, 4) is 11.5 Å². The summed E-state index contributed by atoms with van der Waals surface area (Å²) in [6.45, 7) is 10.4. The smallest absolute Gasteiger partial charge is 0.335 e. The van der Waals surface area contributed by atoms with Gasteiger partial charge in [0.25, 0.3) is 0 Å². The van der Waals surface area contributed by atoms with Gasteiger partial charge in [-0.3, -0.25) is 9.80 Å². The lowest BCUT2D eigenvalue weighted by Gasteiger charge is -2.36. The molecule has 0 aliphatic carbocycles. The summed E-state index contributed by atoms with van der Waals surface area (Å²) >= 11 is 0. The number of hydrogen-bond donors (Lipinski definition) is 2. The maximum atomic E-state index is 11.3. The molecule has 1 saturated heterocycles. The van der Waals surface area contributed by atoms with Crippen LogP contribution in [0.5, 0.6) is 11.5 Å². The van der Waals surface area contributed by atoms with Gasteiger partial charge >= 0.3 is 11.9 Å². The zero-order valence-electron chi connectivity index (χ0n) is 27.6. The van der Waals surface area contributed by atoms with Crippen LogP contribution < -0.4 is 14.4 Å². The topological polar surface area (TPSA) is 103 Å². The van der Waals surface area contributed by atoms with Crippen LogP contribution >= 0.6 is 0 Å². The van der Waals surface area contributed by atoms with Crippen LogP contribution in [0, 0.1) is 6.92 Å². The van der Waals surface area contributed by atoms with E-state index in [0.717, 1.165) is 69.0 Å². The van der Waals surface area contributed by atoms with Crippen molar-refractivity contribution in [3.05, 3.63) is 125 Å². The van der Waals surface area contributed by atoms with E-state index in [1.807, 2.05) is 30.3 Å². The Morgan fingerprint density at radius 2 is 1.44 bits per heavy atom. The summed E-state index contributed by atoms with van der Waals surface area (Å²) in [5, 5.41) is 18.4. The Hall–Kier alpha value is -4.86. The molecule has 0 amide bonds. The van der Waals surface area contributed by atoms with Crippen LogP contribution in [-0.2, 0) is 13.0 Å². The van der Waals surface area contributed by atoms with Crippen LogP contribution in [0.1, 0.15) is 43.8 Å². The number of hydrogen-bond acceptors (Lipinski definition) is 7. The Kier molecular flexibility index (Phi) is 12.5. The number of aromatic carboxylic acids is 2. The molecule has 9 nitrogen and oxygen atoms in total. The molecule has 0 saturated carbocycles. The maximum Gasteiger partial charge on any atom is 0.335 e. The van der Waals surface area contributed by atoms with Gasteiger partial charge in [-0.2, -0.15) is 0 Å². The Balaban J connectivity index is 1.11. The van der Waals surface area contributed by atoms with E-state index in [2.05, 4.69) is 52.0 Å². The van der Waals surface area contributed by atoms with Crippen molar-refractivity contribution in [2.75, 3.05) is 63.9 Å². The lowest BCUT2D eigenvalue weighted by Crippen LogP contribution is -2.46. The average molecular weight is 652 g/mol. The highest BCUT2D eigenvalue weighted by Gasteiger charge is 2.17. The van der Waals surface area contributed by atoms with Gasteiger partial charge in [0.2, 0.25) is 0 Å². The second kappa shape index (κ2) is 17.3. The molecular formula is C39H45N3O6. The fraction of sp³-hybridized carbons (Fsp3) is 0.333. The number of nitrogens with zero attached hydrogens (tertiary/aromatic N) is 3. The van der Waals surface area contributed by atoms with Crippen LogP contribution in [-0.4, -0.2) is 91.0 Å². The summed E-state index contributed by atoms with van der Waals surface area (Å²) in [5.74, 6) is -0.406. The molecule has 1 heterocycles. The van der Waals surface area contributed by atoms with Gasteiger partial charge in [-0.25, -0.2) is 9.59 Å². The van der Waals surface area contributed by atoms with E-state index < -0.39 is 11.9 Å². The highest BCUT2D eigenvalue weighted by molar-refractivity contribution is 5.88. The van der Waals surface area contributed by atoms with Crippen molar-refractivity contribution in [3.63, 3.8) is 0 Å². The molecule has 1 fully saturated rings. The van der Waals surface area contributed by atoms with Crippen LogP contribution in [0.15, 0.2) is 97.1 Å². The first-order valence-electron chi connectivity index (χ1n) is 16.6. The molecule has 0 aromatic heterocycles. The molecule has 2 N–H and O–H groups in total. The minimum atomic E-state index is -0.974. The van der Waals surface area contributed by atoms with E-state index in [4.69, 9.17) is 14.6 Å². The van der Waals surface area contributed by atoms with E-state index in [1.165, 1.54) is 23.4 Å². The third-order valence-corrected chi connectivity index (χ3v) is 8.67. The summed E-state index contributed by atoms with van der Waals surface area (Å²) in [6.07, 6.45) is 1.74. The maximum absolute atomic E-state index is 11.3. The summed E-state index contributed by atoms with van der Waals surface area (Å²) in [7, 11) is 0. The minimum absolute atomic E-state index is 0.214. The largest absolute Gasteiger partial charge is 0.493 e. The number of piperazine rings is 1. The molecule has 9 heteroatoms. The van der Waals surface area contributed by atoms with Gasteiger partial charge in [-0.05, 0) is 91.1 Å². The van der Waals surface area contributed by atoms with Crippen molar-refractivity contribution >= 4 is 17.6 Å². The van der Waals surface area contributed by atoms with Gasteiger partial charge in [0.1, 0.15) is 18.1 Å². The van der Waals surface area contributed by atoms with E-state index in [0.29, 0.717) is 32.1 Å². The molecule has 1 aliphatic rings. The van der Waals surface area contributed by atoms with E-state index in [9.17, 15) is 14.7 Å². The van der Waals surface area contributed by atoms with Crippen molar-refractivity contribution in [2.24, 2.45) is 0 Å². The van der Waals surface area contributed by atoms with Gasteiger partial charge in [-0.15, -0.1) is 0 Å². The van der Waals surface area contributed by atoms with Gasteiger partial charge in [0.15, 0.2) is 0 Å². The van der Waals surface area contributed by atoms with Crippen molar-refractivity contribution < 1.29 is 29.3 Å². The Morgan fingerprint density at radius 1 is 0.750 bits per heavy atom. The van der Waals surface area contributed by atoms with Crippen LogP contribution in [0.4, 0.5) is 5.69 Å². The predicted octanol–water partition coefficient (Wildman–Crippen LogP) is 6.11. The monoisotopic (exact) mass is 651 g/mol. The lowest BCUT2D eigenvalue weighted by molar-refractivity contribution is 0.0686. The first-order valence-corrected chi connectivity index (χ1v) is 16.6. The number of rotatable bonds is 17. The Labute approximate surface area is 282 Å². The number of carbonyl (C=O) groups is 2. The zero-order chi connectivity index (χ0) is 33.7. The standard InChI is InChI=1S/C39H45N3O6/c1-30-6-4-8-35(28-30)42-23-21-40(22-24-42)19-5-26-48-37-9-3-2-7-32(37)18-20-41(29-31-10-12-33(13-11-31)38(43)44)25-27-47-36-16-14-34(15-17-36)39(45)46/h2-4,6-17,28H,5,18-27,29H2,1H3,(H,43,44)(H,45,46). The van der Waals surface area contributed by atoms with Crippen LogP contribution in [0.25, 0.3) is 0 Å². The van der Waals surface area contributed by atoms with Gasteiger partial charge in [0, 0.05) is 58.0 Å². The molecule has 0 unspecified atom stereocenters. The van der Waals surface area contributed by atoms with E-state index in [1.54, 1.807) is 24.3 Å². The number of benzene rings is 4. The zero-order valence-corrected chi connectivity index (χ0v) is 27.6. The highest BCUT2D eigenvalue weighted by Crippen LogP contribution is 2.21. The molecular weight excluding hydrogens is 606 g/mol. The van der Waals surface area contributed by atoms with Gasteiger partial charge in [-0.1, -0.05) is 42.5 Å². The summed E-state index contributed by atoms with van der Waals surface area (Å²) in [6, 6.07) is 30.3. The summed E-state index contributed by atoms with van der Waals surface area (Å²) in [5.41, 5.74) is 5.23. The van der Waals surface area contributed by atoms with Gasteiger partial charge in [0.05, 0.1) is 17.7 Å². The number of carboxylic acid groups (broad SMARTS) is 2. The first kappa shape index (κ1) is 34.5. The average Bonchev–Trinajstić information content (AvgIpc) is 3.10. The fourth-order valence-corrected chi connectivity index (χ4v) is 5.92. The SMILES string of the molecule is Cc1cccc(N2CCN(CCCOc3ccccc3CCN(CCOc3ccc(C(=O)O)cc3)Cc3ccc(C(=O)O)cc3)CC2)c1. The number of anilines is 1. The lowest BCUT2D eigenvalue weighted by atomic mass is 10.1. The van der Waals surface area contributed by atoms with Gasteiger partial charge < -0.3 is 24.6 Å². The molecule has 0 radical (unpaired) electrons. The number of aryl methyl sites for hydroxylation is 1. The van der Waals surface area contributed by atoms with Crippen molar-refractivity contribution in [1.82, 2.24) is 9.80 Å². The van der Waals surface area contributed by atoms with Crippen LogP contribution in [0.3, 0.4) is 0 Å². The predicted molar refractivity (Wildman–Crippen MR) is 188 cm³/mol. The molecule has 0 atom stereocenters. The number of carboxylic acids is 2. The third kappa shape index (κ3) is 10.3. The van der Waals surface area contributed by atoms with Crippen LogP contribution in [0.2, 0.25) is 0 Å². The molecule has 0 spiro atoms. The third-order valence-electron chi connectivity index (χ3n) is 8.67. The normalized spacial score (nSPS) is 13.4. The Bertz CT molecular complexity index is 1620. The second-order valence-corrected chi connectivity index (χ2v) is 12.2. The van der Waals surface area contributed by atoms with Crippen molar-refractivity contribution in [1.29, 1.82) is 0 Å². The molecule has 1 aliphatic heterocycles. The van der Waals surface area contributed by atoms with Crippen molar-refractivity contribution in [2.45, 2.75) is 26.3 Å². The highest BCUT2D eigenvalue weighted by atomic mass is 16.5. The molecule has 252 valence electrons. The van der Waals surface area contributed by atoms with E-state index >= 15 is 0 Å². The fourth-order valence-electron chi connectivity index (χ4n) is 5.92. The quantitative estimate of drug-likeness (QED) is 0.131. The molecule has 0 bridgehead atoms. The van der Waals surface area contributed by atoms with E-state index in [-0.39, 0.29) is 11.1 Å². The molecule has 4 aromatic rings. The second-order valence-electron chi connectivity index (χ2n) is 12.2. The summed E-state index contributed by atoms with van der Waals surface area (Å²) < 4.78 is 12.2. The molecule has 5 rings (SSSR count). The first-order chi connectivity index (χ1) is 23.3.